The lowest BCUT2D eigenvalue weighted by Crippen LogP contribution is -2.16. The highest BCUT2D eigenvalue weighted by molar-refractivity contribution is 5.90. The van der Waals surface area contributed by atoms with Gasteiger partial charge in [0, 0.05) is 24.3 Å². The van der Waals surface area contributed by atoms with Gasteiger partial charge in [0.25, 0.3) is 0 Å². The number of benzene rings is 2. The van der Waals surface area contributed by atoms with Crippen LogP contribution in [-0.2, 0) is 4.79 Å². The number of carbonyl (C=O) groups excluding carboxylic acids is 1. The van der Waals surface area contributed by atoms with Gasteiger partial charge in [0.1, 0.15) is 11.6 Å². The summed E-state index contributed by atoms with van der Waals surface area (Å²) in [6.07, 6.45) is 0.295. The first kappa shape index (κ1) is 15.8. The van der Waals surface area contributed by atoms with Crippen molar-refractivity contribution in [3.63, 3.8) is 0 Å². The molecular weight excluding hydrogens is 283 g/mol. The van der Waals surface area contributed by atoms with Crippen LogP contribution in [0.4, 0.5) is 15.8 Å². The van der Waals surface area contributed by atoms with Crippen LogP contribution in [0.3, 0.4) is 0 Å². The summed E-state index contributed by atoms with van der Waals surface area (Å²) in [5, 5.41) is 5.81. The van der Waals surface area contributed by atoms with E-state index in [4.69, 9.17) is 4.74 Å². The van der Waals surface area contributed by atoms with Crippen molar-refractivity contribution in [3.8, 4) is 5.75 Å². The molecule has 0 spiro atoms. The quantitative estimate of drug-likeness (QED) is 0.820. The highest BCUT2D eigenvalue weighted by Gasteiger charge is 2.03. The molecule has 0 aliphatic rings. The van der Waals surface area contributed by atoms with Gasteiger partial charge in [-0.15, -0.1) is 0 Å². The van der Waals surface area contributed by atoms with Crippen LogP contribution >= 0.6 is 0 Å². The third kappa shape index (κ3) is 5.09. The van der Waals surface area contributed by atoms with Gasteiger partial charge in [-0.1, -0.05) is 6.07 Å². The number of nitrogens with one attached hydrogen (secondary N) is 2. The Kier molecular flexibility index (Phi) is 5.77. The van der Waals surface area contributed by atoms with Crippen LogP contribution in [0.25, 0.3) is 0 Å². The van der Waals surface area contributed by atoms with E-state index in [0.29, 0.717) is 25.3 Å². The second-order valence-electron chi connectivity index (χ2n) is 4.69. The number of hydrogen-bond donors (Lipinski definition) is 2. The maximum Gasteiger partial charge on any atom is 0.226 e. The maximum absolute atomic E-state index is 13.0. The lowest BCUT2D eigenvalue weighted by Gasteiger charge is -2.08. The molecule has 0 saturated heterocycles. The van der Waals surface area contributed by atoms with Gasteiger partial charge in [-0.25, -0.2) is 4.39 Å². The standard InChI is InChI=1S/C17H19FN2O2/c1-2-22-16-8-6-14(7-9-16)19-11-10-17(21)20-15-5-3-4-13(18)12-15/h3-9,12,19H,2,10-11H2,1H3,(H,20,21). The molecule has 2 aromatic carbocycles. The van der Waals surface area contributed by atoms with E-state index in [2.05, 4.69) is 10.6 Å². The number of rotatable bonds is 7. The van der Waals surface area contributed by atoms with Gasteiger partial charge in [0.2, 0.25) is 5.91 Å². The van der Waals surface area contributed by atoms with Crippen molar-refractivity contribution >= 4 is 17.3 Å². The average molecular weight is 302 g/mol. The fourth-order valence-electron chi connectivity index (χ4n) is 1.95. The van der Waals surface area contributed by atoms with Gasteiger partial charge < -0.3 is 15.4 Å². The minimum absolute atomic E-state index is 0.163. The van der Waals surface area contributed by atoms with Crippen LogP contribution in [0.1, 0.15) is 13.3 Å². The van der Waals surface area contributed by atoms with Crippen LogP contribution in [0, 0.1) is 5.82 Å². The topological polar surface area (TPSA) is 50.4 Å². The fraction of sp³-hybridized carbons (Fsp3) is 0.235. The normalized spacial score (nSPS) is 10.1. The molecule has 0 saturated carbocycles. The summed E-state index contributed by atoms with van der Waals surface area (Å²) in [6.45, 7) is 3.06. The third-order valence-electron chi connectivity index (χ3n) is 2.95. The van der Waals surface area contributed by atoms with Crippen LogP contribution < -0.4 is 15.4 Å². The van der Waals surface area contributed by atoms with E-state index in [1.54, 1.807) is 12.1 Å². The summed E-state index contributed by atoms with van der Waals surface area (Å²) in [7, 11) is 0. The van der Waals surface area contributed by atoms with E-state index in [-0.39, 0.29) is 11.7 Å². The Morgan fingerprint density at radius 3 is 2.59 bits per heavy atom. The molecule has 0 bridgehead atoms. The molecule has 0 heterocycles. The summed E-state index contributed by atoms with van der Waals surface area (Å²) in [5.74, 6) is 0.284. The molecule has 4 nitrogen and oxygen atoms in total. The molecule has 5 heteroatoms. The predicted molar refractivity (Wildman–Crippen MR) is 85.7 cm³/mol. The third-order valence-corrected chi connectivity index (χ3v) is 2.95. The Hall–Kier alpha value is -2.56. The van der Waals surface area contributed by atoms with Crippen molar-refractivity contribution in [1.82, 2.24) is 0 Å². The minimum atomic E-state index is -0.370. The number of amides is 1. The number of carbonyl (C=O) groups is 1. The largest absolute Gasteiger partial charge is 0.494 e. The van der Waals surface area contributed by atoms with Crippen molar-refractivity contribution in [1.29, 1.82) is 0 Å². The maximum atomic E-state index is 13.0. The molecule has 22 heavy (non-hydrogen) atoms. The first-order chi connectivity index (χ1) is 10.7. The zero-order valence-electron chi connectivity index (χ0n) is 12.4. The fourth-order valence-corrected chi connectivity index (χ4v) is 1.95. The van der Waals surface area contributed by atoms with E-state index < -0.39 is 0 Å². The number of hydrogen-bond acceptors (Lipinski definition) is 3. The summed E-state index contributed by atoms with van der Waals surface area (Å²) in [6, 6.07) is 13.4. The van der Waals surface area contributed by atoms with Gasteiger partial charge in [-0.05, 0) is 49.4 Å². The molecule has 0 atom stereocenters. The molecule has 2 rings (SSSR count). The predicted octanol–water partition coefficient (Wildman–Crippen LogP) is 3.67. The first-order valence-electron chi connectivity index (χ1n) is 7.19. The van der Waals surface area contributed by atoms with Gasteiger partial charge in [-0.2, -0.15) is 0 Å². The molecule has 0 fully saturated rings. The molecular formula is C17H19FN2O2. The molecule has 0 aliphatic carbocycles. The lowest BCUT2D eigenvalue weighted by molar-refractivity contribution is -0.115. The summed E-state index contributed by atoms with van der Waals surface area (Å²) >= 11 is 0. The molecule has 116 valence electrons. The van der Waals surface area contributed by atoms with Crippen molar-refractivity contribution in [3.05, 3.63) is 54.3 Å². The Morgan fingerprint density at radius 1 is 1.14 bits per heavy atom. The summed E-state index contributed by atoms with van der Waals surface area (Å²) < 4.78 is 18.4. The first-order valence-corrected chi connectivity index (χ1v) is 7.19. The van der Waals surface area contributed by atoms with Crippen molar-refractivity contribution in [2.45, 2.75) is 13.3 Å². The SMILES string of the molecule is CCOc1ccc(NCCC(=O)Nc2cccc(F)c2)cc1. The number of anilines is 2. The van der Waals surface area contributed by atoms with Crippen molar-refractivity contribution in [2.24, 2.45) is 0 Å². The number of ether oxygens (including phenoxy) is 1. The van der Waals surface area contributed by atoms with E-state index in [9.17, 15) is 9.18 Å². The second-order valence-corrected chi connectivity index (χ2v) is 4.69. The van der Waals surface area contributed by atoms with Gasteiger partial charge in [0.15, 0.2) is 0 Å². The van der Waals surface area contributed by atoms with Crippen LogP contribution in [0.2, 0.25) is 0 Å². The van der Waals surface area contributed by atoms with Gasteiger partial charge in [0.05, 0.1) is 6.61 Å². The summed E-state index contributed by atoms with van der Waals surface area (Å²) in [5.41, 5.74) is 1.38. The highest BCUT2D eigenvalue weighted by Crippen LogP contribution is 2.15. The Bertz CT molecular complexity index is 614. The molecule has 2 N–H and O–H groups in total. The van der Waals surface area contributed by atoms with Crippen LogP contribution in [-0.4, -0.2) is 19.1 Å². The monoisotopic (exact) mass is 302 g/mol. The molecule has 0 unspecified atom stereocenters. The molecule has 2 aromatic rings. The minimum Gasteiger partial charge on any atom is -0.494 e. The van der Waals surface area contributed by atoms with Gasteiger partial charge >= 0.3 is 0 Å². The molecule has 0 radical (unpaired) electrons. The zero-order chi connectivity index (χ0) is 15.8. The molecule has 1 amide bonds. The number of halogens is 1. The van der Waals surface area contributed by atoms with E-state index in [0.717, 1.165) is 11.4 Å². The molecule has 0 aromatic heterocycles. The van der Waals surface area contributed by atoms with E-state index >= 15 is 0 Å². The van der Waals surface area contributed by atoms with Crippen molar-refractivity contribution in [2.75, 3.05) is 23.8 Å². The highest BCUT2D eigenvalue weighted by atomic mass is 19.1. The Labute approximate surface area is 129 Å². The van der Waals surface area contributed by atoms with Gasteiger partial charge in [-0.3, -0.25) is 4.79 Å². The van der Waals surface area contributed by atoms with E-state index in [1.165, 1.54) is 12.1 Å². The summed E-state index contributed by atoms with van der Waals surface area (Å²) in [4.78, 5) is 11.8. The van der Waals surface area contributed by atoms with Crippen LogP contribution in [0.15, 0.2) is 48.5 Å². The second kappa shape index (κ2) is 8.02. The average Bonchev–Trinajstić information content (AvgIpc) is 2.49. The van der Waals surface area contributed by atoms with E-state index in [1.807, 2.05) is 31.2 Å². The Morgan fingerprint density at radius 2 is 1.91 bits per heavy atom. The smallest absolute Gasteiger partial charge is 0.226 e. The van der Waals surface area contributed by atoms with Crippen molar-refractivity contribution < 1.29 is 13.9 Å². The Balaban J connectivity index is 1.74. The zero-order valence-corrected chi connectivity index (χ0v) is 12.4. The molecule has 0 aliphatic heterocycles. The lowest BCUT2D eigenvalue weighted by atomic mass is 10.2. The van der Waals surface area contributed by atoms with Crippen LogP contribution in [0.5, 0.6) is 5.75 Å².